The van der Waals surface area contributed by atoms with Crippen molar-refractivity contribution < 1.29 is 4.92 Å². The second-order valence-corrected chi connectivity index (χ2v) is 5.47. The Morgan fingerprint density at radius 2 is 2.00 bits per heavy atom. The number of nitrogens with zero attached hydrogens (tertiary/aromatic N) is 2. The molecule has 21 heavy (non-hydrogen) atoms. The fourth-order valence-electron chi connectivity index (χ4n) is 2.41. The number of hydrogen-bond acceptors (Lipinski definition) is 4. The van der Waals surface area contributed by atoms with Gasteiger partial charge in [-0.25, -0.2) is 0 Å². The maximum Gasteiger partial charge on any atom is 0.274 e. The number of benzene rings is 1. The van der Waals surface area contributed by atoms with Crippen molar-refractivity contribution in [2.24, 2.45) is 0 Å². The van der Waals surface area contributed by atoms with Gasteiger partial charge in [-0.15, -0.1) is 0 Å². The molecule has 1 unspecified atom stereocenters. The average Bonchev–Trinajstić information content (AvgIpc) is 2.45. The van der Waals surface area contributed by atoms with Gasteiger partial charge in [-0.2, -0.15) is 0 Å². The van der Waals surface area contributed by atoms with Gasteiger partial charge in [0.15, 0.2) is 0 Å². The molecule has 0 amide bonds. The third-order valence-electron chi connectivity index (χ3n) is 3.82. The highest BCUT2D eigenvalue weighted by Gasteiger charge is 2.12. The summed E-state index contributed by atoms with van der Waals surface area (Å²) < 4.78 is 0. The molecule has 118 valence electrons. The van der Waals surface area contributed by atoms with Crippen LogP contribution >= 0.6 is 0 Å². The number of nitrogens with one attached hydrogen (secondary N) is 1. The maximum atomic E-state index is 10.9. The summed E-state index contributed by atoms with van der Waals surface area (Å²) in [5, 5.41) is 14.3. The van der Waals surface area contributed by atoms with E-state index in [1.54, 1.807) is 19.1 Å². The zero-order valence-corrected chi connectivity index (χ0v) is 13.6. The molecule has 0 saturated carbocycles. The van der Waals surface area contributed by atoms with Gasteiger partial charge < -0.3 is 10.2 Å². The van der Waals surface area contributed by atoms with E-state index < -0.39 is 0 Å². The molecule has 0 fully saturated rings. The van der Waals surface area contributed by atoms with Crippen molar-refractivity contribution in [1.82, 2.24) is 4.90 Å². The second kappa shape index (κ2) is 8.62. The molecule has 0 aromatic heterocycles. The first-order chi connectivity index (χ1) is 9.97. The quantitative estimate of drug-likeness (QED) is 0.555. The van der Waals surface area contributed by atoms with Crippen molar-refractivity contribution in [1.29, 1.82) is 0 Å². The molecular weight excluding hydrogens is 266 g/mol. The Morgan fingerprint density at radius 1 is 1.33 bits per heavy atom. The highest BCUT2D eigenvalue weighted by Crippen LogP contribution is 2.23. The van der Waals surface area contributed by atoms with E-state index in [1.165, 1.54) is 0 Å². The predicted octanol–water partition coefficient (Wildman–Crippen LogP) is 3.83. The van der Waals surface area contributed by atoms with Gasteiger partial charge in [-0.1, -0.05) is 19.9 Å². The summed E-state index contributed by atoms with van der Waals surface area (Å²) in [6.07, 6.45) is 2.18. The van der Waals surface area contributed by atoms with Crippen LogP contribution in [0.25, 0.3) is 0 Å². The summed E-state index contributed by atoms with van der Waals surface area (Å²) in [7, 11) is 0. The first-order valence-corrected chi connectivity index (χ1v) is 7.71. The number of anilines is 1. The van der Waals surface area contributed by atoms with Gasteiger partial charge in [0.2, 0.25) is 0 Å². The minimum absolute atomic E-state index is 0.176. The molecule has 5 nitrogen and oxygen atoms in total. The van der Waals surface area contributed by atoms with Gasteiger partial charge in [-0.05, 0) is 52.4 Å². The molecule has 0 heterocycles. The molecule has 1 N–H and O–H groups in total. The Balaban J connectivity index is 2.49. The molecule has 1 atom stereocenters. The Kier molecular flexibility index (Phi) is 7.15. The van der Waals surface area contributed by atoms with Crippen LogP contribution in [-0.2, 0) is 0 Å². The van der Waals surface area contributed by atoms with Gasteiger partial charge in [0.25, 0.3) is 5.69 Å². The van der Waals surface area contributed by atoms with Gasteiger partial charge in [-0.3, -0.25) is 10.1 Å². The smallest absolute Gasteiger partial charge is 0.274 e. The van der Waals surface area contributed by atoms with E-state index in [4.69, 9.17) is 0 Å². The maximum absolute atomic E-state index is 10.9. The largest absolute Gasteiger partial charge is 0.382 e. The molecule has 1 aromatic rings. The molecule has 0 aliphatic carbocycles. The number of rotatable bonds is 9. The van der Waals surface area contributed by atoms with Crippen molar-refractivity contribution in [2.45, 2.75) is 46.6 Å². The predicted molar refractivity (Wildman–Crippen MR) is 87.9 cm³/mol. The Bertz CT molecular complexity index is 459. The summed E-state index contributed by atoms with van der Waals surface area (Å²) in [5.41, 5.74) is 1.69. The van der Waals surface area contributed by atoms with Crippen LogP contribution < -0.4 is 5.32 Å². The summed E-state index contributed by atoms with van der Waals surface area (Å²) in [5.74, 6) is 0. The van der Waals surface area contributed by atoms with Crippen molar-refractivity contribution in [2.75, 3.05) is 25.0 Å². The molecule has 0 radical (unpaired) electrons. The molecule has 5 heteroatoms. The second-order valence-electron chi connectivity index (χ2n) is 5.47. The summed E-state index contributed by atoms with van der Waals surface area (Å²) in [4.78, 5) is 13.0. The summed E-state index contributed by atoms with van der Waals surface area (Å²) in [6.45, 7) is 11.5. The lowest BCUT2D eigenvalue weighted by Crippen LogP contribution is -2.25. The van der Waals surface area contributed by atoms with E-state index in [9.17, 15) is 10.1 Å². The number of nitro groups is 1. The summed E-state index contributed by atoms with van der Waals surface area (Å²) in [6, 6.07) is 5.63. The fourth-order valence-corrected chi connectivity index (χ4v) is 2.41. The van der Waals surface area contributed by atoms with Gasteiger partial charge in [0.1, 0.15) is 0 Å². The van der Waals surface area contributed by atoms with Crippen molar-refractivity contribution in [3.05, 3.63) is 33.9 Å². The lowest BCUT2D eigenvalue weighted by molar-refractivity contribution is -0.385. The zero-order valence-electron chi connectivity index (χ0n) is 13.6. The molecular formula is C16H27N3O2. The van der Waals surface area contributed by atoms with Crippen molar-refractivity contribution in [3.8, 4) is 0 Å². The minimum atomic E-state index is -0.328. The van der Waals surface area contributed by atoms with Gasteiger partial charge >= 0.3 is 0 Å². The number of nitro benzene ring substituents is 1. The van der Waals surface area contributed by atoms with Gasteiger partial charge in [0.05, 0.1) is 4.92 Å². The lowest BCUT2D eigenvalue weighted by atomic mass is 10.1. The Labute approximate surface area is 127 Å². The SMILES string of the molecule is CCN(CC)CCCC(C)Nc1ccc(C)c([N+](=O)[O-])c1. The van der Waals surface area contributed by atoms with E-state index in [1.807, 2.05) is 6.07 Å². The van der Waals surface area contributed by atoms with Crippen LogP contribution in [0.1, 0.15) is 39.2 Å². The fraction of sp³-hybridized carbons (Fsp3) is 0.625. The van der Waals surface area contributed by atoms with Crippen LogP contribution in [0.5, 0.6) is 0 Å². The monoisotopic (exact) mass is 293 g/mol. The zero-order chi connectivity index (χ0) is 15.8. The van der Waals surface area contributed by atoms with Crippen molar-refractivity contribution >= 4 is 11.4 Å². The molecule has 0 aliphatic rings. The normalized spacial score (nSPS) is 12.4. The first kappa shape index (κ1) is 17.4. The van der Waals surface area contributed by atoms with Crippen LogP contribution in [0.3, 0.4) is 0 Å². The van der Waals surface area contributed by atoms with Crippen LogP contribution in [0.2, 0.25) is 0 Å². The van der Waals surface area contributed by atoms with Crippen LogP contribution in [-0.4, -0.2) is 35.5 Å². The highest BCUT2D eigenvalue weighted by molar-refractivity contribution is 5.55. The highest BCUT2D eigenvalue weighted by atomic mass is 16.6. The topological polar surface area (TPSA) is 58.4 Å². The first-order valence-electron chi connectivity index (χ1n) is 7.71. The molecule has 0 spiro atoms. The Hall–Kier alpha value is -1.62. The van der Waals surface area contributed by atoms with E-state index in [0.717, 1.165) is 38.2 Å². The third kappa shape index (κ3) is 5.71. The standard InChI is InChI=1S/C16H27N3O2/c1-5-18(6-2)11-7-8-14(4)17-15-10-9-13(3)16(12-15)19(20)21/h9-10,12,14,17H,5-8,11H2,1-4H3. The molecule has 0 bridgehead atoms. The average molecular weight is 293 g/mol. The van der Waals surface area contributed by atoms with Crippen LogP contribution in [0.15, 0.2) is 18.2 Å². The van der Waals surface area contributed by atoms with E-state index in [0.29, 0.717) is 11.6 Å². The van der Waals surface area contributed by atoms with Crippen LogP contribution in [0, 0.1) is 17.0 Å². The van der Waals surface area contributed by atoms with Crippen molar-refractivity contribution in [3.63, 3.8) is 0 Å². The van der Waals surface area contributed by atoms with Crippen LogP contribution in [0.4, 0.5) is 11.4 Å². The summed E-state index contributed by atoms with van der Waals surface area (Å²) >= 11 is 0. The Morgan fingerprint density at radius 3 is 2.57 bits per heavy atom. The molecule has 1 aromatic carbocycles. The molecule has 0 aliphatic heterocycles. The van der Waals surface area contributed by atoms with E-state index >= 15 is 0 Å². The lowest BCUT2D eigenvalue weighted by Gasteiger charge is -2.20. The van der Waals surface area contributed by atoms with E-state index in [2.05, 4.69) is 31.0 Å². The number of hydrogen-bond donors (Lipinski definition) is 1. The third-order valence-corrected chi connectivity index (χ3v) is 3.82. The molecule has 0 saturated heterocycles. The van der Waals surface area contributed by atoms with Gasteiger partial charge in [0, 0.05) is 23.4 Å². The number of aryl methyl sites for hydroxylation is 1. The van der Waals surface area contributed by atoms with E-state index in [-0.39, 0.29) is 10.6 Å². The minimum Gasteiger partial charge on any atom is -0.382 e. The molecule has 1 rings (SSSR count).